The summed E-state index contributed by atoms with van der Waals surface area (Å²) < 4.78 is 5.06. The molecule has 0 saturated carbocycles. The van der Waals surface area contributed by atoms with Crippen molar-refractivity contribution in [1.29, 1.82) is 0 Å². The van der Waals surface area contributed by atoms with E-state index in [1.54, 1.807) is 7.11 Å². The highest BCUT2D eigenvalue weighted by molar-refractivity contribution is 5.81. The van der Waals surface area contributed by atoms with E-state index >= 15 is 0 Å². The molecule has 0 spiro atoms. The van der Waals surface area contributed by atoms with Gasteiger partial charge in [-0.25, -0.2) is 0 Å². The third kappa shape index (κ3) is 3.58. The molecule has 0 bridgehead atoms. The molecule has 0 saturated heterocycles. The van der Waals surface area contributed by atoms with E-state index in [9.17, 15) is 4.79 Å². The maximum atomic E-state index is 10.7. The Bertz CT molecular complexity index is 336. The highest BCUT2D eigenvalue weighted by Crippen LogP contribution is 2.14. The second-order valence-corrected chi connectivity index (χ2v) is 3.36. The molecule has 0 heterocycles. The maximum Gasteiger partial charge on any atom is 0.146 e. The third-order valence-electron chi connectivity index (χ3n) is 2.16. The Morgan fingerprint density at radius 3 is 2.47 bits per heavy atom. The van der Waals surface area contributed by atoms with Crippen molar-refractivity contribution in [2.75, 3.05) is 7.11 Å². The van der Waals surface area contributed by atoms with Crippen molar-refractivity contribution < 1.29 is 9.53 Å². The molecule has 0 unspecified atom stereocenters. The lowest BCUT2D eigenvalue weighted by atomic mass is 10.1. The van der Waals surface area contributed by atoms with Crippen LogP contribution < -0.4 is 4.74 Å². The van der Waals surface area contributed by atoms with Gasteiger partial charge in [0.15, 0.2) is 0 Å². The van der Waals surface area contributed by atoms with Gasteiger partial charge in [0.1, 0.15) is 12.0 Å². The Hall–Kier alpha value is -1.57. The Labute approximate surface area is 90.6 Å². The van der Waals surface area contributed by atoms with Crippen LogP contribution in [-0.2, 0) is 4.79 Å². The molecule has 0 aliphatic rings. The zero-order valence-electron chi connectivity index (χ0n) is 9.19. The van der Waals surface area contributed by atoms with Gasteiger partial charge in [-0.05, 0) is 35.8 Å². The first-order valence-corrected chi connectivity index (χ1v) is 5.10. The second-order valence-electron chi connectivity index (χ2n) is 3.36. The van der Waals surface area contributed by atoms with Gasteiger partial charge in [0.25, 0.3) is 0 Å². The number of hydrogen-bond acceptors (Lipinski definition) is 2. The van der Waals surface area contributed by atoms with Gasteiger partial charge in [-0.1, -0.05) is 25.5 Å². The van der Waals surface area contributed by atoms with Gasteiger partial charge >= 0.3 is 0 Å². The summed E-state index contributed by atoms with van der Waals surface area (Å²) in [5.74, 6) is 0.829. The first-order chi connectivity index (χ1) is 7.30. The molecule has 2 nitrogen and oxygen atoms in total. The van der Waals surface area contributed by atoms with Crippen LogP contribution in [0.1, 0.15) is 25.3 Å². The molecule has 1 rings (SSSR count). The monoisotopic (exact) mass is 204 g/mol. The maximum absolute atomic E-state index is 10.7. The molecule has 1 aromatic carbocycles. The minimum atomic E-state index is 0.829. The highest BCUT2D eigenvalue weighted by atomic mass is 16.5. The lowest BCUT2D eigenvalue weighted by molar-refractivity contribution is -0.105. The smallest absolute Gasteiger partial charge is 0.146 e. The Morgan fingerprint density at radius 2 is 2.00 bits per heavy atom. The van der Waals surface area contributed by atoms with E-state index in [0.29, 0.717) is 0 Å². The number of allylic oxidation sites excluding steroid dienone is 1. The van der Waals surface area contributed by atoms with Crippen molar-refractivity contribution >= 4 is 12.4 Å². The molecule has 0 aliphatic heterocycles. The molecule has 15 heavy (non-hydrogen) atoms. The van der Waals surface area contributed by atoms with Crippen LogP contribution in [0.15, 0.2) is 29.8 Å². The molecule has 0 aromatic heterocycles. The number of benzene rings is 1. The van der Waals surface area contributed by atoms with E-state index in [4.69, 9.17) is 4.74 Å². The van der Waals surface area contributed by atoms with Crippen LogP contribution in [-0.4, -0.2) is 13.4 Å². The number of aldehydes is 1. The Balaban J connectivity index is 2.81. The molecular weight excluding hydrogens is 188 g/mol. The standard InChI is InChI=1S/C13H16O2/c1-3-4-12(10-14)9-11-5-7-13(15-2)8-6-11/h5-10H,3-4H2,1-2H3/b12-9+. The molecule has 0 amide bonds. The molecule has 0 radical (unpaired) electrons. The lowest BCUT2D eigenvalue weighted by Crippen LogP contribution is -1.85. The van der Waals surface area contributed by atoms with Gasteiger partial charge in [-0.15, -0.1) is 0 Å². The molecule has 0 N–H and O–H groups in total. The van der Waals surface area contributed by atoms with Crippen LogP contribution in [0.5, 0.6) is 5.75 Å². The van der Waals surface area contributed by atoms with Crippen molar-refractivity contribution in [3.05, 3.63) is 35.4 Å². The van der Waals surface area contributed by atoms with E-state index < -0.39 is 0 Å². The fraction of sp³-hybridized carbons (Fsp3) is 0.308. The van der Waals surface area contributed by atoms with E-state index in [-0.39, 0.29) is 0 Å². The summed E-state index contributed by atoms with van der Waals surface area (Å²) in [5.41, 5.74) is 1.87. The third-order valence-corrected chi connectivity index (χ3v) is 2.16. The van der Waals surface area contributed by atoms with Crippen LogP contribution in [0.3, 0.4) is 0 Å². The molecule has 2 heteroatoms. The van der Waals surface area contributed by atoms with E-state index in [1.807, 2.05) is 30.3 Å². The molecule has 1 aromatic rings. The van der Waals surface area contributed by atoms with Gasteiger partial charge in [-0.2, -0.15) is 0 Å². The molecule has 80 valence electrons. The van der Waals surface area contributed by atoms with E-state index in [0.717, 1.165) is 36.0 Å². The van der Waals surface area contributed by atoms with E-state index in [2.05, 4.69) is 6.92 Å². The van der Waals surface area contributed by atoms with Crippen LogP contribution in [0, 0.1) is 0 Å². The fourth-order valence-electron chi connectivity index (χ4n) is 1.37. The Morgan fingerprint density at radius 1 is 1.33 bits per heavy atom. The van der Waals surface area contributed by atoms with Gasteiger partial charge in [0.2, 0.25) is 0 Å². The summed E-state index contributed by atoms with van der Waals surface area (Å²) in [6.45, 7) is 2.06. The number of hydrogen-bond donors (Lipinski definition) is 0. The van der Waals surface area contributed by atoms with Crippen molar-refractivity contribution in [3.63, 3.8) is 0 Å². The summed E-state index contributed by atoms with van der Waals surface area (Å²) in [7, 11) is 1.64. The quantitative estimate of drug-likeness (QED) is 0.544. The molecule has 0 aliphatic carbocycles. The second kappa shape index (κ2) is 6.02. The molecular formula is C13H16O2. The summed E-state index contributed by atoms with van der Waals surface area (Å²) in [6.07, 6.45) is 4.65. The summed E-state index contributed by atoms with van der Waals surface area (Å²) in [5, 5.41) is 0. The minimum absolute atomic E-state index is 0.829. The number of carbonyl (C=O) groups excluding carboxylic acids is 1. The van der Waals surface area contributed by atoms with Crippen molar-refractivity contribution in [1.82, 2.24) is 0 Å². The first kappa shape index (κ1) is 11.5. The van der Waals surface area contributed by atoms with Crippen molar-refractivity contribution in [2.45, 2.75) is 19.8 Å². The highest BCUT2D eigenvalue weighted by Gasteiger charge is 1.95. The van der Waals surface area contributed by atoms with Gasteiger partial charge in [-0.3, -0.25) is 4.79 Å². The van der Waals surface area contributed by atoms with Gasteiger partial charge in [0.05, 0.1) is 7.11 Å². The van der Waals surface area contributed by atoms with Crippen molar-refractivity contribution in [2.24, 2.45) is 0 Å². The number of rotatable bonds is 5. The van der Waals surface area contributed by atoms with Crippen LogP contribution in [0.2, 0.25) is 0 Å². The normalized spacial score (nSPS) is 11.2. The topological polar surface area (TPSA) is 26.3 Å². The Kier molecular flexibility index (Phi) is 4.61. The fourth-order valence-corrected chi connectivity index (χ4v) is 1.37. The molecule has 0 fully saturated rings. The summed E-state index contributed by atoms with van der Waals surface area (Å²) in [6, 6.07) is 7.66. The van der Waals surface area contributed by atoms with Crippen LogP contribution in [0.4, 0.5) is 0 Å². The van der Waals surface area contributed by atoms with Crippen molar-refractivity contribution in [3.8, 4) is 5.75 Å². The predicted octanol–water partition coefficient (Wildman–Crippen LogP) is 3.08. The zero-order valence-corrected chi connectivity index (χ0v) is 9.19. The average molecular weight is 204 g/mol. The van der Waals surface area contributed by atoms with Crippen LogP contribution in [0.25, 0.3) is 6.08 Å². The summed E-state index contributed by atoms with van der Waals surface area (Å²) >= 11 is 0. The van der Waals surface area contributed by atoms with Gasteiger partial charge < -0.3 is 4.74 Å². The lowest BCUT2D eigenvalue weighted by Gasteiger charge is -2.00. The number of methoxy groups -OCH3 is 1. The predicted molar refractivity (Wildman–Crippen MR) is 61.9 cm³/mol. The largest absolute Gasteiger partial charge is 0.497 e. The SMILES string of the molecule is CCC/C(C=O)=C\c1ccc(OC)cc1. The number of ether oxygens (including phenoxy) is 1. The minimum Gasteiger partial charge on any atom is -0.497 e. The average Bonchev–Trinajstić information content (AvgIpc) is 2.29. The van der Waals surface area contributed by atoms with E-state index in [1.165, 1.54) is 0 Å². The van der Waals surface area contributed by atoms with Crippen LogP contribution >= 0.6 is 0 Å². The first-order valence-electron chi connectivity index (χ1n) is 5.10. The number of carbonyl (C=O) groups is 1. The molecule has 0 atom stereocenters. The summed E-state index contributed by atoms with van der Waals surface area (Å²) in [4.78, 5) is 10.7. The van der Waals surface area contributed by atoms with Gasteiger partial charge in [0, 0.05) is 0 Å². The zero-order chi connectivity index (χ0) is 11.1.